The molecule has 3 atom stereocenters. The Balaban J connectivity index is 1.86. The number of nitrogens with zero attached hydrogens (tertiary/aromatic N) is 3. The normalized spacial score (nSPS) is 18.8. The highest BCUT2D eigenvalue weighted by atomic mass is 35.5. The minimum absolute atomic E-state index is 0.00551. The molecule has 29 heavy (non-hydrogen) atoms. The zero-order chi connectivity index (χ0) is 21.3. The third-order valence-corrected chi connectivity index (χ3v) is 4.93. The van der Waals surface area contributed by atoms with Gasteiger partial charge in [-0.15, -0.1) is 0 Å². The second-order valence-corrected chi connectivity index (χ2v) is 7.29. The Kier molecular flexibility index (Phi) is 6.28. The van der Waals surface area contributed by atoms with Crippen LogP contribution in [-0.4, -0.2) is 39.9 Å². The Morgan fingerprint density at radius 2 is 2.03 bits per heavy atom. The SMILES string of the molecule is C[C@H](Cc1nc(Cl)cc(N2C(=O)OCC2[C@@H](C)O)n1)c1ccc(C(F)F)cc1F. The fourth-order valence-electron chi connectivity index (χ4n) is 3.18. The second kappa shape index (κ2) is 8.54. The molecular formula is C19H19ClF3N3O3. The molecule has 0 bridgehead atoms. The highest BCUT2D eigenvalue weighted by molar-refractivity contribution is 6.29. The van der Waals surface area contributed by atoms with E-state index >= 15 is 0 Å². The summed E-state index contributed by atoms with van der Waals surface area (Å²) in [6, 6.07) is 4.05. The van der Waals surface area contributed by atoms with Crippen LogP contribution in [0.25, 0.3) is 0 Å². The van der Waals surface area contributed by atoms with Gasteiger partial charge < -0.3 is 9.84 Å². The van der Waals surface area contributed by atoms with E-state index in [1.54, 1.807) is 6.92 Å². The van der Waals surface area contributed by atoms with Gasteiger partial charge in [0, 0.05) is 18.1 Å². The number of rotatable bonds is 6. The van der Waals surface area contributed by atoms with Crippen molar-refractivity contribution in [3.05, 3.63) is 52.2 Å². The van der Waals surface area contributed by atoms with E-state index < -0.39 is 42.0 Å². The molecule has 2 heterocycles. The number of aliphatic hydroxyl groups is 1. The van der Waals surface area contributed by atoms with Crippen molar-refractivity contribution >= 4 is 23.5 Å². The number of benzene rings is 1. The van der Waals surface area contributed by atoms with Crippen LogP contribution in [0.4, 0.5) is 23.8 Å². The lowest BCUT2D eigenvalue weighted by Gasteiger charge is -2.23. The summed E-state index contributed by atoms with van der Waals surface area (Å²) in [5, 5.41) is 9.95. The second-order valence-electron chi connectivity index (χ2n) is 6.91. The summed E-state index contributed by atoms with van der Waals surface area (Å²) in [5.74, 6) is -0.781. The first-order valence-electron chi connectivity index (χ1n) is 8.92. The molecule has 1 aromatic carbocycles. The van der Waals surface area contributed by atoms with Crippen molar-refractivity contribution in [2.45, 2.75) is 44.8 Å². The summed E-state index contributed by atoms with van der Waals surface area (Å²) in [6.07, 6.45) is -4.13. The fraction of sp³-hybridized carbons (Fsp3) is 0.421. The first kappa shape index (κ1) is 21.3. The van der Waals surface area contributed by atoms with Crippen molar-refractivity contribution in [2.24, 2.45) is 0 Å². The van der Waals surface area contributed by atoms with Crippen molar-refractivity contribution in [3.63, 3.8) is 0 Å². The largest absolute Gasteiger partial charge is 0.447 e. The van der Waals surface area contributed by atoms with Gasteiger partial charge in [-0.25, -0.2) is 27.9 Å². The van der Waals surface area contributed by atoms with E-state index in [1.165, 1.54) is 30.0 Å². The fourth-order valence-corrected chi connectivity index (χ4v) is 3.38. The molecule has 1 saturated heterocycles. The molecule has 6 nitrogen and oxygen atoms in total. The van der Waals surface area contributed by atoms with Gasteiger partial charge in [0.1, 0.15) is 35.3 Å². The van der Waals surface area contributed by atoms with Crippen LogP contribution in [0.1, 0.15) is 43.1 Å². The molecule has 1 aliphatic heterocycles. The van der Waals surface area contributed by atoms with Crippen molar-refractivity contribution in [2.75, 3.05) is 11.5 Å². The van der Waals surface area contributed by atoms with Crippen LogP contribution in [0.3, 0.4) is 0 Å². The zero-order valence-electron chi connectivity index (χ0n) is 15.7. The summed E-state index contributed by atoms with van der Waals surface area (Å²) in [5.41, 5.74) is -0.154. The maximum atomic E-state index is 14.3. The summed E-state index contributed by atoms with van der Waals surface area (Å²) in [4.78, 5) is 21.7. The molecule has 1 unspecified atom stereocenters. The van der Waals surface area contributed by atoms with Crippen molar-refractivity contribution in [1.82, 2.24) is 9.97 Å². The number of amides is 1. The minimum Gasteiger partial charge on any atom is -0.447 e. The lowest BCUT2D eigenvalue weighted by atomic mass is 9.95. The van der Waals surface area contributed by atoms with Gasteiger partial charge in [-0.2, -0.15) is 0 Å². The molecule has 1 fully saturated rings. The number of carbonyl (C=O) groups excluding carboxylic acids is 1. The van der Waals surface area contributed by atoms with Crippen LogP contribution in [0.5, 0.6) is 0 Å². The summed E-state index contributed by atoms with van der Waals surface area (Å²) < 4.78 is 44.7. The number of hydrogen-bond donors (Lipinski definition) is 1. The van der Waals surface area contributed by atoms with Crippen molar-refractivity contribution in [1.29, 1.82) is 0 Å². The number of aromatic nitrogens is 2. The highest BCUT2D eigenvalue weighted by Crippen LogP contribution is 2.29. The van der Waals surface area contributed by atoms with Gasteiger partial charge in [0.2, 0.25) is 0 Å². The highest BCUT2D eigenvalue weighted by Gasteiger charge is 2.38. The molecule has 0 radical (unpaired) electrons. The third kappa shape index (κ3) is 4.62. The first-order chi connectivity index (χ1) is 13.7. The molecular weight excluding hydrogens is 411 g/mol. The van der Waals surface area contributed by atoms with Crippen molar-refractivity contribution < 1.29 is 27.8 Å². The number of ether oxygens (including phenoxy) is 1. The molecule has 0 aliphatic carbocycles. The Bertz CT molecular complexity index is 914. The number of alkyl halides is 2. The van der Waals surface area contributed by atoms with E-state index in [4.69, 9.17) is 16.3 Å². The molecule has 1 aliphatic rings. The van der Waals surface area contributed by atoms with E-state index in [-0.39, 0.29) is 35.4 Å². The smallest absolute Gasteiger partial charge is 0.416 e. The number of hydrogen-bond acceptors (Lipinski definition) is 5. The summed E-state index contributed by atoms with van der Waals surface area (Å²) in [7, 11) is 0. The zero-order valence-corrected chi connectivity index (χ0v) is 16.4. The van der Waals surface area contributed by atoms with Crippen LogP contribution < -0.4 is 4.90 Å². The number of cyclic esters (lactones) is 1. The quantitative estimate of drug-likeness (QED) is 0.694. The van der Waals surface area contributed by atoms with E-state index in [9.17, 15) is 23.1 Å². The number of carbonyl (C=O) groups is 1. The summed E-state index contributed by atoms with van der Waals surface area (Å²) >= 11 is 6.07. The van der Waals surface area contributed by atoms with Gasteiger partial charge in [0.15, 0.2) is 0 Å². The van der Waals surface area contributed by atoms with Crippen molar-refractivity contribution in [3.8, 4) is 0 Å². The molecule has 156 valence electrons. The molecule has 1 amide bonds. The maximum Gasteiger partial charge on any atom is 0.416 e. The Morgan fingerprint density at radius 3 is 2.66 bits per heavy atom. The van der Waals surface area contributed by atoms with Crippen LogP contribution >= 0.6 is 11.6 Å². The van der Waals surface area contributed by atoms with E-state index in [0.717, 1.165) is 6.07 Å². The van der Waals surface area contributed by atoms with E-state index in [1.807, 2.05) is 0 Å². The van der Waals surface area contributed by atoms with Crippen LogP contribution in [0.2, 0.25) is 5.15 Å². The first-order valence-corrected chi connectivity index (χ1v) is 9.30. The maximum absolute atomic E-state index is 14.3. The van der Waals surface area contributed by atoms with E-state index in [2.05, 4.69) is 9.97 Å². The molecule has 1 aromatic heterocycles. The monoisotopic (exact) mass is 429 g/mol. The predicted molar refractivity (Wildman–Crippen MR) is 99.8 cm³/mol. The van der Waals surface area contributed by atoms with Gasteiger partial charge in [-0.1, -0.05) is 30.7 Å². The van der Waals surface area contributed by atoms with E-state index in [0.29, 0.717) is 0 Å². The number of halogens is 4. The lowest BCUT2D eigenvalue weighted by Crippen LogP contribution is -2.41. The van der Waals surface area contributed by atoms with Gasteiger partial charge in [0.25, 0.3) is 6.43 Å². The minimum atomic E-state index is -2.75. The Morgan fingerprint density at radius 1 is 1.31 bits per heavy atom. The Hall–Kier alpha value is -2.39. The van der Waals surface area contributed by atoms with Crippen LogP contribution in [0.15, 0.2) is 24.3 Å². The van der Waals surface area contributed by atoms with Gasteiger partial charge in [-0.3, -0.25) is 4.90 Å². The molecule has 10 heteroatoms. The summed E-state index contributed by atoms with van der Waals surface area (Å²) in [6.45, 7) is 3.23. The molecule has 0 saturated carbocycles. The Labute approximate surface area is 170 Å². The third-order valence-electron chi connectivity index (χ3n) is 4.73. The molecule has 2 aromatic rings. The van der Waals surface area contributed by atoms with Gasteiger partial charge >= 0.3 is 6.09 Å². The molecule has 1 N–H and O–H groups in total. The lowest BCUT2D eigenvalue weighted by molar-refractivity contribution is 0.142. The topological polar surface area (TPSA) is 75.6 Å². The molecule has 3 rings (SSSR count). The molecule has 0 spiro atoms. The van der Waals surface area contributed by atoms with Crippen LogP contribution in [-0.2, 0) is 11.2 Å². The van der Waals surface area contributed by atoms with Gasteiger partial charge in [-0.05, 0) is 24.5 Å². The van der Waals surface area contributed by atoms with Gasteiger partial charge in [0.05, 0.1) is 6.10 Å². The average Bonchev–Trinajstić information content (AvgIpc) is 3.02. The number of anilines is 1. The predicted octanol–water partition coefficient (Wildman–Crippen LogP) is 4.26. The number of aliphatic hydroxyl groups excluding tert-OH is 1. The van der Waals surface area contributed by atoms with Crippen LogP contribution in [0, 0.1) is 5.82 Å². The average molecular weight is 430 g/mol. The standard InChI is InChI=1S/C19H19ClF3N3O3/c1-9(12-4-3-11(18(22)23)6-13(12)21)5-16-24-15(20)7-17(25-16)26-14(10(2)27)8-29-19(26)28/h3-4,6-7,9-10,14,18,27H,5,8H2,1-2H3/t9-,10-,14?/m1/s1.